The molecule has 3 heterocycles. The summed E-state index contributed by atoms with van der Waals surface area (Å²) in [6.07, 6.45) is 0. The quantitative estimate of drug-likeness (QED) is 0.472. The fraction of sp³-hybridized carbons (Fsp3) is 0.200. The standard InChI is InChI=1S/C25H22F2N6O2/c26-17-3-1-16(2-4-17)20-9-10-21-23(29-20)24(31-25(28)30-21)33-13-11-32(12-14-33)22(34)15-35-19-7-5-18(27)6-8-19/h1-10H,11-15H2,(H2,28,30,31). The van der Waals surface area contributed by atoms with E-state index in [1.54, 1.807) is 17.0 Å². The van der Waals surface area contributed by atoms with E-state index >= 15 is 0 Å². The molecule has 35 heavy (non-hydrogen) atoms. The van der Waals surface area contributed by atoms with Crippen LogP contribution in [-0.2, 0) is 4.79 Å². The normalized spacial score (nSPS) is 13.8. The van der Waals surface area contributed by atoms with Crippen LogP contribution in [0.5, 0.6) is 5.75 Å². The number of pyridine rings is 1. The number of hydrogen-bond acceptors (Lipinski definition) is 7. The van der Waals surface area contributed by atoms with Crippen molar-refractivity contribution in [1.29, 1.82) is 0 Å². The van der Waals surface area contributed by atoms with Crippen molar-refractivity contribution in [3.05, 3.63) is 72.3 Å². The van der Waals surface area contributed by atoms with E-state index in [0.717, 1.165) is 5.56 Å². The summed E-state index contributed by atoms with van der Waals surface area (Å²) in [6, 6.07) is 15.3. The largest absolute Gasteiger partial charge is 0.484 e. The predicted octanol–water partition coefficient (Wildman–Crippen LogP) is 3.28. The van der Waals surface area contributed by atoms with Crippen LogP contribution in [0, 0.1) is 11.6 Å². The molecule has 1 fully saturated rings. The first-order valence-corrected chi connectivity index (χ1v) is 11.1. The van der Waals surface area contributed by atoms with Crippen LogP contribution in [0.25, 0.3) is 22.3 Å². The molecule has 2 aromatic carbocycles. The minimum atomic E-state index is -0.364. The van der Waals surface area contributed by atoms with Gasteiger partial charge in [-0.05, 0) is 60.7 Å². The van der Waals surface area contributed by atoms with Crippen molar-refractivity contribution in [1.82, 2.24) is 19.9 Å². The molecule has 0 spiro atoms. The molecule has 0 unspecified atom stereocenters. The van der Waals surface area contributed by atoms with Gasteiger partial charge in [-0.1, -0.05) is 0 Å². The van der Waals surface area contributed by atoms with Crippen molar-refractivity contribution in [3.8, 4) is 17.0 Å². The van der Waals surface area contributed by atoms with Gasteiger partial charge in [0.25, 0.3) is 5.91 Å². The van der Waals surface area contributed by atoms with Gasteiger partial charge < -0.3 is 20.3 Å². The molecule has 8 nitrogen and oxygen atoms in total. The molecule has 1 aliphatic heterocycles. The lowest BCUT2D eigenvalue weighted by atomic mass is 10.1. The van der Waals surface area contributed by atoms with Gasteiger partial charge in [0.15, 0.2) is 12.4 Å². The van der Waals surface area contributed by atoms with E-state index in [1.165, 1.54) is 36.4 Å². The summed E-state index contributed by atoms with van der Waals surface area (Å²) < 4.78 is 31.8. The lowest BCUT2D eigenvalue weighted by Gasteiger charge is -2.35. The van der Waals surface area contributed by atoms with Crippen LogP contribution in [0.1, 0.15) is 0 Å². The summed E-state index contributed by atoms with van der Waals surface area (Å²) in [5.41, 5.74) is 8.58. The molecule has 10 heteroatoms. The van der Waals surface area contributed by atoms with E-state index in [2.05, 4.69) is 9.97 Å². The molecule has 2 N–H and O–H groups in total. The van der Waals surface area contributed by atoms with Crippen molar-refractivity contribution in [2.24, 2.45) is 0 Å². The lowest BCUT2D eigenvalue weighted by molar-refractivity contribution is -0.133. The third-order valence-electron chi connectivity index (χ3n) is 5.79. The molecule has 178 valence electrons. The Balaban J connectivity index is 1.30. The van der Waals surface area contributed by atoms with E-state index in [-0.39, 0.29) is 30.1 Å². The van der Waals surface area contributed by atoms with E-state index in [1.807, 2.05) is 17.0 Å². The summed E-state index contributed by atoms with van der Waals surface area (Å²) in [5.74, 6) is 0.321. The van der Waals surface area contributed by atoms with Crippen LogP contribution in [0.2, 0.25) is 0 Å². The molecular formula is C25H22F2N6O2. The number of hydrogen-bond donors (Lipinski definition) is 1. The highest BCUT2D eigenvalue weighted by molar-refractivity contribution is 5.89. The van der Waals surface area contributed by atoms with Crippen LogP contribution < -0.4 is 15.4 Å². The van der Waals surface area contributed by atoms with Crippen molar-refractivity contribution in [2.45, 2.75) is 0 Å². The van der Waals surface area contributed by atoms with Gasteiger partial charge >= 0.3 is 0 Å². The van der Waals surface area contributed by atoms with Crippen molar-refractivity contribution in [3.63, 3.8) is 0 Å². The lowest BCUT2D eigenvalue weighted by Crippen LogP contribution is -2.50. The maximum absolute atomic E-state index is 13.3. The number of carbonyl (C=O) groups is 1. The molecule has 0 aliphatic carbocycles. The zero-order chi connectivity index (χ0) is 24.4. The number of benzene rings is 2. The Hall–Kier alpha value is -4.34. The van der Waals surface area contributed by atoms with Crippen LogP contribution in [-0.4, -0.2) is 58.5 Å². The minimum Gasteiger partial charge on any atom is -0.484 e. The smallest absolute Gasteiger partial charge is 0.260 e. The fourth-order valence-electron chi connectivity index (χ4n) is 3.95. The maximum atomic E-state index is 13.3. The topological polar surface area (TPSA) is 97.5 Å². The fourth-order valence-corrected chi connectivity index (χ4v) is 3.95. The maximum Gasteiger partial charge on any atom is 0.260 e. The summed E-state index contributed by atoms with van der Waals surface area (Å²) in [5, 5.41) is 0. The molecule has 4 aromatic rings. The number of aromatic nitrogens is 3. The number of nitrogens with zero attached hydrogens (tertiary/aromatic N) is 5. The van der Waals surface area contributed by atoms with Crippen LogP contribution >= 0.6 is 0 Å². The average molecular weight is 476 g/mol. The molecule has 0 atom stereocenters. The SMILES string of the molecule is Nc1nc(N2CCN(C(=O)COc3ccc(F)cc3)CC2)c2nc(-c3ccc(F)cc3)ccc2n1. The second kappa shape index (κ2) is 9.49. The predicted molar refractivity (Wildman–Crippen MR) is 128 cm³/mol. The zero-order valence-electron chi connectivity index (χ0n) is 18.7. The van der Waals surface area contributed by atoms with E-state index in [4.69, 9.17) is 15.5 Å². The highest BCUT2D eigenvalue weighted by atomic mass is 19.1. The number of halogens is 2. The number of fused-ring (bicyclic) bond motifs is 1. The molecule has 5 rings (SSSR count). The number of amides is 1. The molecule has 1 amide bonds. The third kappa shape index (κ3) is 4.96. The highest BCUT2D eigenvalue weighted by Crippen LogP contribution is 2.27. The van der Waals surface area contributed by atoms with Crippen LogP contribution in [0.15, 0.2) is 60.7 Å². The molecule has 0 bridgehead atoms. The first-order chi connectivity index (χ1) is 17.0. The Morgan fingerprint density at radius 2 is 1.51 bits per heavy atom. The highest BCUT2D eigenvalue weighted by Gasteiger charge is 2.24. The van der Waals surface area contributed by atoms with Gasteiger partial charge in [-0.25, -0.2) is 18.7 Å². The van der Waals surface area contributed by atoms with Gasteiger partial charge in [0.2, 0.25) is 5.95 Å². The van der Waals surface area contributed by atoms with Crippen molar-refractivity contribution in [2.75, 3.05) is 43.4 Å². The number of anilines is 2. The van der Waals surface area contributed by atoms with E-state index in [0.29, 0.717) is 54.5 Å². The van der Waals surface area contributed by atoms with Crippen LogP contribution in [0.4, 0.5) is 20.5 Å². The number of nitrogen functional groups attached to an aromatic ring is 1. The summed E-state index contributed by atoms with van der Waals surface area (Å²) in [7, 11) is 0. The number of ether oxygens (including phenoxy) is 1. The Bertz CT molecular complexity index is 1360. The monoisotopic (exact) mass is 476 g/mol. The van der Waals surface area contributed by atoms with Crippen molar-refractivity contribution < 1.29 is 18.3 Å². The Morgan fingerprint density at radius 3 is 2.20 bits per heavy atom. The number of carbonyl (C=O) groups excluding carboxylic acids is 1. The molecule has 2 aromatic heterocycles. The van der Waals surface area contributed by atoms with Crippen molar-refractivity contribution >= 4 is 28.7 Å². The van der Waals surface area contributed by atoms with Gasteiger partial charge in [0.1, 0.15) is 22.9 Å². The summed E-state index contributed by atoms with van der Waals surface area (Å²) in [4.78, 5) is 29.8. The Morgan fingerprint density at radius 1 is 0.857 bits per heavy atom. The van der Waals surface area contributed by atoms with E-state index < -0.39 is 0 Å². The minimum absolute atomic E-state index is 0.127. The zero-order valence-corrected chi connectivity index (χ0v) is 18.7. The first kappa shape index (κ1) is 22.5. The summed E-state index contributed by atoms with van der Waals surface area (Å²) in [6.45, 7) is 1.85. The second-order valence-corrected chi connectivity index (χ2v) is 8.09. The molecule has 1 aliphatic rings. The van der Waals surface area contributed by atoms with Gasteiger partial charge in [0, 0.05) is 31.7 Å². The second-order valence-electron chi connectivity index (χ2n) is 8.09. The molecule has 0 saturated carbocycles. The van der Waals surface area contributed by atoms with Gasteiger partial charge in [-0.2, -0.15) is 4.98 Å². The molecule has 1 saturated heterocycles. The molecule has 0 radical (unpaired) electrons. The number of piperazine rings is 1. The van der Waals surface area contributed by atoms with Gasteiger partial charge in [-0.3, -0.25) is 4.79 Å². The molecular weight excluding hydrogens is 454 g/mol. The van der Waals surface area contributed by atoms with Gasteiger partial charge in [0.05, 0.1) is 11.2 Å². The first-order valence-electron chi connectivity index (χ1n) is 11.1. The van der Waals surface area contributed by atoms with Gasteiger partial charge in [-0.15, -0.1) is 0 Å². The van der Waals surface area contributed by atoms with E-state index in [9.17, 15) is 13.6 Å². The number of rotatable bonds is 5. The Labute approximate surface area is 200 Å². The average Bonchev–Trinajstić information content (AvgIpc) is 2.88. The Kier molecular flexibility index (Phi) is 6.09. The number of nitrogens with two attached hydrogens (primary N) is 1. The summed E-state index contributed by atoms with van der Waals surface area (Å²) >= 11 is 0. The third-order valence-corrected chi connectivity index (χ3v) is 5.79. The van der Waals surface area contributed by atoms with Crippen LogP contribution in [0.3, 0.4) is 0 Å².